The van der Waals surface area contributed by atoms with Gasteiger partial charge >= 0.3 is 0 Å². The van der Waals surface area contributed by atoms with E-state index in [9.17, 15) is 8.42 Å². The van der Waals surface area contributed by atoms with Crippen molar-refractivity contribution >= 4 is 26.0 Å². The van der Waals surface area contributed by atoms with Gasteiger partial charge < -0.3 is 0 Å². The Morgan fingerprint density at radius 1 is 1.21 bits per heavy atom. The maximum atomic E-state index is 12.5. The highest BCUT2D eigenvalue weighted by Gasteiger charge is 2.28. The standard InChI is InChI=1S/C14H20BrNO2S/c1-12-2-4-14(5-3-12)19(17,18)16-10-7-13(6-9-15)8-11-16/h2-5,13H,6-11H2,1H3. The van der Waals surface area contributed by atoms with E-state index in [1.54, 1.807) is 16.4 Å². The van der Waals surface area contributed by atoms with Crippen molar-refractivity contribution in [2.45, 2.75) is 31.1 Å². The SMILES string of the molecule is Cc1ccc(S(=O)(=O)N2CCC(CCBr)CC2)cc1. The lowest BCUT2D eigenvalue weighted by Crippen LogP contribution is -2.38. The van der Waals surface area contributed by atoms with Crippen LogP contribution in [-0.4, -0.2) is 31.1 Å². The van der Waals surface area contributed by atoms with E-state index < -0.39 is 10.0 Å². The Hall–Kier alpha value is -0.390. The second-order valence-corrected chi connectivity index (χ2v) is 7.87. The van der Waals surface area contributed by atoms with Gasteiger partial charge in [0.05, 0.1) is 4.90 Å². The molecule has 0 radical (unpaired) electrons. The van der Waals surface area contributed by atoms with E-state index in [2.05, 4.69) is 15.9 Å². The maximum Gasteiger partial charge on any atom is 0.243 e. The molecular weight excluding hydrogens is 326 g/mol. The molecule has 19 heavy (non-hydrogen) atoms. The van der Waals surface area contributed by atoms with Gasteiger partial charge in [-0.1, -0.05) is 33.6 Å². The minimum Gasteiger partial charge on any atom is -0.207 e. The largest absolute Gasteiger partial charge is 0.243 e. The van der Waals surface area contributed by atoms with Crippen molar-refractivity contribution < 1.29 is 8.42 Å². The Labute approximate surface area is 124 Å². The van der Waals surface area contributed by atoms with Crippen molar-refractivity contribution in [3.8, 4) is 0 Å². The van der Waals surface area contributed by atoms with Crippen LogP contribution in [-0.2, 0) is 10.0 Å². The fourth-order valence-corrected chi connectivity index (χ4v) is 4.57. The van der Waals surface area contributed by atoms with Crippen LogP contribution in [0.5, 0.6) is 0 Å². The first-order valence-electron chi connectivity index (χ1n) is 6.67. The fourth-order valence-electron chi connectivity index (χ4n) is 2.45. The van der Waals surface area contributed by atoms with Crippen LogP contribution in [0.4, 0.5) is 0 Å². The second-order valence-electron chi connectivity index (χ2n) is 5.14. The monoisotopic (exact) mass is 345 g/mol. The molecule has 1 fully saturated rings. The number of halogens is 1. The summed E-state index contributed by atoms with van der Waals surface area (Å²) in [5, 5.41) is 1.00. The number of nitrogens with zero attached hydrogens (tertiary/aromatic N) is 1. The van der Waals surface area contributed by atoms with Crippen molar-refractivity contribution in [2.75, 3.05) is 18.4 Å². The van der Waals surface area contributed by atoms with Gasteiger partial charge in [0, 0.05) is 18.4 Å². The Morgan fingerprint density at radius 2 is 1.79 bits per heavy atom. The van der Waals surface area contributed by atoms with Gasteiger partial charge in [-0.05, 0) is 44.2 Å². The highest BCUT2D eigenvalue weighted by Crippen LogP contribution is 2.26. The van der Waals surface area contributed by atoms with Gasteiger partial charge in [-0.25, -0.2) is 8.42 Å². The van der Waals surface area contributed by atoms with Crippen molar-refractivity contribution in [2.24, 2.45) is 5.92 Å². The summed E-state index contributed by atoms with van der Waals surface area (Å²) in [6.45, 7) is 3.25. The van der Waals surface area contributed by atoms with Gasteiger partial charge in [0.15, 0.2) is 0 Å². The number of benzene rings is 1. The number of hydrogen-bond donors (Lipinski definition) is 0. The van der Waals surface area contributed by atoms with Gasteiger partial charge in [0.1, 0.15) is 0 Å². The number of aryl methyl sites for hydroxylation is 1. The van der Waals surface area contributed by atoms with Crippen LogP contribution in [0.3, 0.4) is 0 Å². The van der Waals surface area contributed by atoms with Gasteiger partial charge in [0.25, 0.3) is 0 Å². The molecule has 106 valence electrons. The van der Waals surface area contributed by atoms with Crippen LogP contribution in [0.1, 0.15) is 24.8 Å². The maximum absolute atomic E-state index is 12.5. The molecule has 1 aromatic carbocycles. The van der Waals surface area contributed by atoms with Crippen molar-refractivity contribution in [1.29, 1.82) is 0 Å². The molecule has 5 heteroatoms. The molecule has 3 nitrogen and oxygen atoms in total. The quantitative estimate of drug-likeness (QED) is 0.786. The number of piperidine rings is 1. The molecule has 1 heterocycles. The fraction of sp³-hybridized carbons (Fsp3) is 0.571. The van der Waals surface area contributed by atoms with Gasteiger partial charge in [-0.15, -0.1) is 0 Å². The molecule has 2 rings (SSSR count). The first kappa shape index (κ1) is 15.0. The Balaban J connectivity index is 2.07. The molecule has 0 unspecified atom stereocenters. The summed E-state index contributed by atoms with van der Waals surface area (Å²) in [4.78, 5) is 0.414. The number of sulfonamides is 1. The number of rotatable bonds is 4. The van der Waals surface area contributed by atoms with E-state index in [0.29, 0.717) is 23.9 Å². The van der Waals surface area contributed by atoms with E-state index in [1.165, 1.54) is 0 Å². The minimum absolute atomic E-state index is 0.414. The third-order valence-corrected chi connectivity index (χ3v) is 6.12. The van der Waals surface area contributed by atoms with Gasteiger partial charge in [-0.2, -0.15) is 4.31 Å². The molecule has 0 saturated carbocycles. The summed E-state index contributed by atoms with van der Waals surface area (Å²) in [6.07, 6.45) is 3.08. The summed E-state index contributed by atoms with van der Waals surface area (Å²) in [5.41, 5.74) is 1.08. The van der Waals surface area contributed by atoms with Crippen molar-refractivity contribution in [1.82, 2.24) is 4.31 Å². The van der Waals surface area contributed by atoms with Crippen molar-refractivity contribution in [3.63, 3.8) is 0 Å². The zero-order chi connectivity index (χ0) is 13.9. The van der Waals surface area contributed by atoms with Crippen LogP contribution >= 0.6 is 15.9 Å². The molecule has 1 aliphatic rings. The van der Waals surface area contributed by atoms with E-state index in [1.807, 2.05) is 19.1 Å². The van der Waals surface area contributed by atoms with Crippen molar-refractivity contribution in [3.05, 3.63) is 29.8 Å². The molecule has 0 amide bonds. The van der Waals surface area contributed by atoms with Crippen LogP contribution in [0.15, 0.2) is 29.2 Å². The molecule has 1 aromatic rings. The minimum atomic E-state index is -3.30. The molecule has 1 aliphatic heterocycles. The molecule has 0 spiro atoms. The predicted octanol–water partition coefficient (Wildman–Crippen LogP) is 3.18. The molecule has 0 bridgehead atoms. The Kier molecular flexibility index (Phi) is 5.03. The molecule has 1 saturated heterocycles. The lowest BCUT2D eigenvalue weighted by atomic mass is 9.96. The first-order valence-corrected chi connectivity index (χ1v) is 9.23. The summed E-state index contributed by atoms with van der Waals surface area (Å²) in [5.74, 6) is 0.656. The molecule has 0 aromatic heterocycles. The normalized spacial score (nSPS) is 18.6. The van der Waals surface area contributed by atoms with Gasteiger partial charge in [0.2, 0.25) is 10.0 Å². The average molecular weight is 346 g/mol. The van der Waals surface area contributed by atoms with E-state index in [0.717, 1.165) is 30.2 Å². The smallest absolute Gasteiger partial charge is 0.207 e. The van der Waals surface area contributed by atoms with Crippen LogP contribution < -0.4 is 0 Å². The summed E-state index contributed by atoms with van der Waals surface area (Å²) in [6, 6.07) is 7.11. The topological polar surface area (TPSA) is 37.4 Å². The molecule has 0 N–H and O–H groups in total. The second kappa shape index (κ2) is 6.37. The highest BCUT2D eigenvalue weighted by atomic mass is 79.9. The molecule has 0 aliphatic carbocycles. The average Bonchev–Trinajstić information content (AvgIpc) is 2.40. The summed E-state index contributed by atoms with van der Waals surface area (Å²) >= 11 is 3.45. The third kappa shape index (κ3) is 3.58. The first-order chi connectivity index (χ1) is 9.04. The van der Waals surface area contributed by atoms with Crippen LogP contribution in [0.25, 0.3) is 0 Å². The summed E-state index contributed by atoms with van der Waals surface area (Å²) < 4.78 is 26.6. The lowest BCUT2D eigenvalue weighted by Gasteiger charge is -2.31. The number of hydrogen-bond acceptors (Lipinski definition) is 2. The molecular formula is C14H20BrNO2S. The predicted molar refractivity (Wildman–Crippen MR) is 81.1 cm³/mol. The van der Waals surface area contributed by atoms with E-state index >= 15 is 0 Å². The highest BCUT2D eigenvalue weighted by molar-refractivity contribution is 9.09. The Bertz CT molecular complexity index is 505. The zero-order valence-corrected chi connectivity index (χ0v) is 13.6. The Morgan fingerprint density at radius 3 is 2.32 bits per heavy atom. The van der Waals surface area contributed by atoms with Gasteiger partial charge in [-0.3, -0.25) is 0 Å². The zero-order valence-electron chi connectivity index (χ0n) is 11.2. The van der Waals surface area contributed by atoms with E-state index in [4.69, 9.17) is 0 Å². The molecule has 0 atom stereocenters. The van der Waals surface area contributed by atoms with E-state index in [-0.39, 0.29) is 0 Å². The third-order valence-electron chi connectivity index (χ3n) is 3.75. The van der Waals surface area contributed by atoms with Crippen LogP contribution in [0, 0.1) is 12.8 Å². The van der Waals surface area contributed by atoms with Crippen LogP contribution in [0.2, 0.25) is 0 Å². The lowest BCUT2D eigenvalue weighted by molar-refractivity contribution is 0.270. The summed E-state index contributed by atoms with van der Waals surface area (Å²) in [7, 11) is -3.30. The number of alkyl halides is 1.